The van der Waals surface area contributed by atoms with Gasteiger partial charge < -0.3 is 19.2 Å². The number of hydrogen-bond donors (Lipinski definition) is 1. The first-order chi connectivity index (χ1) is 34.1. The number of ether oxygens (including phenoxy) is 3. The van der Waals surface area contributed by atoms with Crippen LogP contribution >= 0.6 is 0 Å². The van der Waals surface area contributed by atoms with Crippen molar-refractivity contribution < 1.29 is 38.2 Å². The summed E-state index contributed by atoms with van der Waals surface area (Å²) in [6.07, 6.45) is 6.47. The predicted molar refractivity (Wildman–Crippen MR) is 270 cm³/mol. The molecule has 0 atom stereocenters. The number of H-pyrrole nitrogens is 1. The number of aromatic amines is 1. The summed E-state index contributed by atoms with van der Waals surface area (Å²) in [5.74, 6) is -1.88. The molecule has 11 rings (SSSR count). The number of hydrogen-bond acceptors (Lipinski definition) is 10. The second kappa shape index (κ2) is 16.9. The number of ketones is 2. The Hall–Kier alpha value is -9.03. The van der Waals surface area contributed by atoms with Crippen LogP contribution in [0, 0.1) is 41.5 Å². The molecular formula is C59H43N3O9. The lowest BCUT2D eigenvalue weighted by Crippen LogP contribution is -2.30. The third-order valence-corrected chi connectivity index (χ3v) is 13.1. The molecule has 12 nitrogen and oxygen atoms in total. The van der Waals surface area contributed by atoms with Gasteiger partial charge in [0.05, 0.1) is 33.3 Å². The molecule has 348 valence electrons. The fourth-order valence-corrected chi connectivity index (χ4v) is 9.98. The molecule has 71 heavy (non-hydrogen) atoms. The van der Waals surface area contributed by atoms with Gasteiger partial charge in [-0.25, -0.2) is 14.7 Å². The number of carbonyl (C=O) groups is 5. The first-order valence-corrected chi connectivity index (χ1v) is 23.1. The molecule has 0 radical (unpaired) electrons. The smallest absolute Gasteiger partial charge is 0.343 e. The molecule has 1 N–H and O–H groups in total. The van der Waals surface area contributed by atoms with Crippen LogP contribution in [0.4, 0.5) is 5.69 Å². The normalized spacial score (nSPS) is 14.2. The SMILES string of the molecule is Cc1cc(C)cc(OC(=O)c2ccc3c(=O)[nH]c(C4C(=O)c5cc6cc7c(cc6cc5C4=O)C(=O)N(c4cc(Oc5c(C)cc(Oc6cc(C)cc(C)c6)cc5C)ccc4C4=CC=CC4)C7=O)nc3c2)c1. The van der Waals surface area contributed by atoms with E-state index in [-0.39, 0.29) is 44.5 Å². The quantitative estimate of drug-likeness (QED) is 0.0638. The van der Waals surface area contributed by atoms with Gasteiger partial charge in [0.2, 0.25) is 0 Å². The van der Waals surface area contributed by atoms with Crippen LogP contribution in [0.1, 0.15) is 109 Å². The van der Waals surface area contributed by atoms with Gasteiger partial charge in [-0.1, -0.05) is 30.4 Å². The van der Waals surface area contributed by atoms with Gasteiger partial charge in [0.1, 0.15) is 40.5 Å². The first kappa shape index (κ1) is 44.5. The number of aromatic nitrogens is 2. The van der Waals surface area contributed by atoms with Crippen molar-refractivity contribution in [3.8, 4) is 28.7 Å². The Morgan fingerprint density at radius 1 is 0.592 bits per heavy atom. The minimum Gasteiger partial charge on any atom is -0.457 e. The summed E-state index contributed by atoms with van der Waals surface area (Å²) < 4.78 is 18.4. The Bertz CT molecular complexity index is 3740. The second-order valence-electron chi connectivity index (χ2n) is 18.6. The zero-order valence-corrected chi connectivity index (χ0v) is 39.5. The molecule has 8 aromatic rings. The van der Waals surface area contributed by atoms with Crippen molar-refractivity contribution in [2.75, 3.05) is 4.90 Å². The van der Waals surface area contributed by atoms with Crippen molar-refractivity contribution in [3.63, 3.8) is 0 Å². The van der Waals surface area contributed by atoms with Gasteiger partial charge >= 0.3 is 5.97 Å². The number of anilines is 1. The standard InChI is InChI=1S/C59H43N3O9/c1-29-15-30(2)18-40(17-29)69-42-21-33(5)54(34(6)22-42)70-39-12-14-43(35-9-7-8-10-35)50(28-39)62-57(66)47-25-37-23-45-46(24-38(37)26-48(47)58(62)67)53(64)51(52(45)63)55-60-49-27-36(11-13-44(49)56(65)61-55)59(68)71-41-19-31(3)16-32(4)20-41/h7-9,11-28,51H,10H2,1-6H3,(H,60,61,65). The van der Waals surface area contributed by atoms with E-state index in [2.05, 4.69) is 16.0 Å². The van der Waals surface area contributed by atoms with Gasteiger partial charge in [0.15, 0.2) is 11.6 Å². The fourth-order valence-electron chi connectivity index (χ4n) is 9.98. The number of carbonyl (C=O) groups excluding carboxylic acids is 5. The maximum atomic E-state index is 14.6. The van der Waals surface area contributed by atoms with E-state index in [1.54, 1.807) is 30.3 Å². The van der Waals surface area contributed by atoms with Crippen LogP contribution in [0.2, 0.25) is 0 Å². The molecule has 0 spiro atoms. The summed E-state index contributed by atoms with van der Waals surface area (Å²) in [5.41, 5.74) is 7.64. The van der Waals surface area contributed by atoms with Crippen LogP contribution in [0.15, 0.2) is 132 Å². The topological polar surface area (TPSA) is 162 Å². The molecule has 1 aliphatic heterocycles. The van der Waals surface area contributed by atoms with Gasteiger partial charge in [0, 0.05) is 22.8 Å². The molecule has 1 aromatic heterocycles. The minimum absolute atomic E-state index is 0.0813. The number of nitrogens with zero attached hydrogens (tertiary/aromatic N) is 2. The zero-order valence-electron chi connectivity index (χ0n) is 39.5. The molecule has 2 heterocycles. The lowest BCUT2D eigenvalue weighted by Gasteiger charge is -2.21. The summed E-state index contributed by atoms with van der Waals surface area (Å²) in [6.45, 7) is 11.7. The summed E-state index contributed by atoms with van der Waals surface area (Å²) >= 11 is 0. The van der Waals surface area contributed by atoms with E-state index in [9.17, 15) is 28.8 Å². The van der Waals surface area contributed by atoms with E-state index >= 15 is 0 Å². The number of benzene rings is 7. The number of aryl methyl sites for hydroxylation is 6. The van der Waals surface area contributed by atoms with Crippen LogP contribution in [0.25, 0.3) is 27.2 Å². The molecule has 3 aliphatic rings. The predicted octanol–water partition coefficient (Wildman–Crippen LogP) is 12.0. The van der Waals surface area contributed by atoms with Crippen molar-refractivity contribution >= 4 is 62.3 Å². The van der Waals surface area contributed by atoms with Crippen LogP contribution in [-0.2, 0) is 0 Å². The summed E-state index contributed by atoms with van der Waals surface area (Å²) in [5, 5.41) is 1.05. The summed E-state index contributed by atoms with van der Waals surface area (Å²) in [6, 6.07) is 31.1. The minimum atomic E-state index is -1.48. The van der Waals surface area contributed by atoms with E-state index in [4.69, 9.17) is 14.2 Å². The van der Waals surface area contributed by atoms with Crippen molar-refractivity contribution in [1.29, 1.82) is 0 Å². The van der Waals surface area contributed by atoms with Gasteiger partial charge in [-0.3, -0.25) is 24.0 Å². The number of imide groups is 1. The number of Topliss-reactive ketones (excluding diaryl/α,β-unsaturated/α-hetero) is 2. The Morgan fingerprint density at radius 3 is 1.76 bits per heavy atom. The molecule has 2 aliphatic carbocycles. The number of amides is 2. The molecular weight excluding hydrogens is 895 g/mol. The number of rotatable bonds is 9. The molecule has 0 unspecified atom stereocenters. The third kappa shape index (κ3) is 7.89. The highest BCUT2D eigenvalue weighted by Crippen LogP contribution is 2.43. The molecule has 12 heteroatoms. The maximum absolute atomic E-state index is 14.6. The van der Waals surface area contributed by atoms with Crippen molar-refractivity contribution in [1.82, 2.24) is 9.97 Å². The maximum Gasteiger partial charge on any atom is 0.343 e. The van der Waals surface area contributed by atoms with Crippen molar-refractivity contribution in [3.05, 3.63) is 210 Å². The molecule has 0 fully saturated rings. The molecule has 2 amide bonds. The average Bonchev–Trinajstić information content (AvgIpc) is 4.00. The highest BCUT2D eigenvalue weighted by atomic mass is 16.5. The van der Waals surface area contributed by atoms with Gasteiger partial charge in [0.25, 0.3) is 17.4 Å². The zero-order chi connectivity index (χ0) is 49.6. The van der Waals surface area contributed by atoms with E-state index < -0.39 is 40.8 Å². The Kier molecular flexibility index (Phi) is 10.6. The molecule has 7 aromatic carbocycles. The summed E-state index contributed by atoms with van der Waals surface area (Å²) in [4.78, 5) is 92.4. The van der Waals surface area contributed by atoms with Gasteiger partial charge in [-0.15, -0.1) is 0 Å². The van der Waals surface area contributed by atoms with E-state index in [0.29, 0.717) is 51.4 Å². The molecule has 0 saturated heterocycles. The summed E-state index contributed by atoms with van der Waals surface area (Å²) in [7, 11) is 0. The fraction of sp³-hybridized carbons (Fsp3) is 0.136. The van der Waals surface area contributed by atoms with Crippen LogP contribution in [0.5, 0.6) is 28.7 Å². The van der Waals surface area contributed by atoms with Crippen molar-refractivity contribution in [2.24, 2.45) is 0 Å². The van der Waals surface area contributed by atoms with E-state index in [1.807, 2.05) is 102 Å². The Labute approximate surface area is 406 Å². The Morgan fingerprint density at radius 2 is 1.17 bits per heavy atom. The number of fused-ring (bicyclic) bond motifs is 4. The van der Waals surface area contributed by atoms with E-state index in [1.165, 1.54) is 30.3 Å². The van der Waals surface area contributed by atoms with Crippen LogP contribution < -0.4 is 24.7 Å². The highest BCUT2D eigenvalue weighted by molar-refractivity contribution is 6.36. The van der Waals surface area contributed by atoms with Crippen LogP contribution in [-0.4, -0.2) is 39.3 Å². The largest absolute Gasteiger partial charge is 0.457 e. The lowest BCUT2D eigenvalue weighted by atomic mass is 9.98. The van der Waals surface area contributed by atoms with Gasteiger partial charge in [-0.2, -0.15) is 0 Å². The second-order valence-corrected chi connectivity index (χ2v) is 18.6. The first-order valence-electron chi connectivity index (χ1n) is 23.1. The Balaban J connectivity index is 0.889. The van der Waals surface area contributed by atoms with Gasteiger partial charge in [-0.05, 0) is 189 Å². The molecule has 0 saturated carbocycles. The monoisotopic (exact) mass is 937 g/mol. The number of esters is 1. The van der Waals surface area contributed by atoms with Crippen molar-refractivity contribution in [2.45, 2.75) is 53.9 Å². The number of allylic oxidation sites excluding steroid dienone is 4. The average molecular weight is 938 g/mol. The third-order valence-electron chi connectivity index (χ3n) is 13.1. The molecule has 0 bridgehead atoms. The number of nitrogens with one attached hydrogen (secondary N) is 1. The van der Waals surface area contributed by atoms with E-state index in [0.717, 1.165) is 49.6 Å². The van der Waals surface area contributed by atoms with Crippen LogP contribution in [0.3, 0.4) is 0 Å². The highest BCUT2D eigenvalue weighted by Gasteiger charge is 2.43. The lowest BCUT2D eigenvalue weighted by molar-refractivity contribution is 0.0733.